The van der Waals surface area contributed by atoms with Crippen molar-refractivity contribution in [2.75, 3.05) is 19.6 Å². The Morgan fingerprint density at radius 1 is 1.24 bits per heavy atom. The van der Waals surface area contributed by atoms with Crippen LogP contribution in [0.1, 0.15) is 19.4 Å². The second-order valence-corrected chi connectivity index (χ2v) is 5.43. The molecule has 0 atom stereocenters. The molecule has 1 aromatic carbocycles. The van der Waals surface area contributed by atoms with Gasteiger partial charge < -0.3 is 10.6 Å². The van der Waals surface area contributed by atoms with Gasteiger partial charge in [0.1, 0.15) is 5.82 Å². The molecular weight excluding hydrogens is 283 g/mol. The summed E-state index contributed by atoms with van der Waals surface area (Å²) >= 11 is 3.24. The van der Waals surface area contributed by atoms with Crippen LogP contribution in [0.25, 0.3) is 0 Å². The van der Waals surface area contributed by atoms with Crippen LogP contribution in [0.4, 0.5) is 4.39 Å². The van der Waals surface area contributed by atoms with E-state index in [2.05, 4.69) is 40.4 Å². The average Bonchev–Trinajstić information content (AvgIpc) is 2.25. The molecule has 96 valence electrons. The number of benzene rings is 1. The van der Waals surface area contributed by atoms with Crippen LogP contribution in [0.2, 0.25) is 0 Å². The predicted octanol–water partition coefficient (Wildman–Crippen LogP) is 2.92. The van der Waals surface area contributed by atoms with Crippen LogP contribution in [0.5, 0.6) is 0 Å². The molecule has 1 rings (SSSR count). The SMILES string of the molecule is CC(C)CNCCNCc1ccc(Br)cc1F. The van der Waals surface area contributed by atoms with Gasteiger partial charge in [-0.3, -0.25) is 0 Å². The maximum atomic E-state index is 13.4. The minimum atomic E-state index is -0.165. The summed E-state index contributed by atoms with van der Waals surface area (Å²) < 4.78 is 14.2. The summed E-state index contributed by atoms with van der Waals surface area (Å²) in [5.74, 6) is 0.501. The van der Waals surface area contributed by atoms with Crippen LogP contribution in [0, 0.1) is 11.7 Å². The molecule has 1 aromatic rings. The van der Waals surface area contributed by atoms with Crippen LogP contribution < -0.4 is 10.6 Å². The van der Waals surface area contributed by atoms with Crippen molar-refractivity contribution in [1.29, 1.82) is 0 Å². The summed E-state index contributed by atoms with van der Waals surface area (Å²) in [7, 11) is 0. The van der Waals surface area contributed by atoms with Crippen molar-refractivity contribution in [2.45, 2.75) is 20.4 Å². The zero-order chi connectivity index (χ0) is 12.7. The van der Waals surface area contributed by atoms with E-state index in [0.717, 1.165) is 24.1 Å². The van der Waals surface area contributed by atoms with Crippen molar-refractivity contribution in [3.63, 3.8) is 0 Å². The molecule has 2 nitrogen and oxygen atoms in total. The van der Waals surface area contributed by atoms with Crippen molar-refractivity contribution < 1.29 is 4.39 Å². The van der Waals surface area contributed by atoms with Crippen LogP contribution >= 0.6 is 15.9 Å². The van der Waals surface area contributed by atoms with E-state index in [-0.39, 0.29) is 5.82 Å². The highest BCUT2D eigenvalue weighted by Gasteiger charge is 2.01. The summed E-state index contributed by atoms with van der Waals surface area (Å²) in [6, 6.07) is 5.15. The Morgan fingerprint density at radius 2 is 1.94 bits per heavy atom. The van der Waals surface area contributed by atoms with E-state index < -0.39 is 0 Å². The summed E-state index contributed by atoms with van der Waals surface area (Å²) in [6.07, 6.45) is 0. The van der Waals surface area contributed by atoms with E-state index in [4.69, 9.17) is 0 Å². The first-order valence-electron chi connectivity index (χ1n) is 5.95. The molecule has 0 spiro atoms. The van der Waals surface area contributed by atoms with Crippen molar-refractivity contribution >= 4 is 15.9 Å². The molecule has 0 aliphatic heterocycles. The molecule has 17 heavy (non-hydrogen) atoms. The molecule has 0 radical (unpaired) electrons. The van der Waals surface area contributed by atoms with E-state index in [9.17, 15) is 4.39 Å². The maximum Gasteiger partial charge on any atom is 0.128 e. The van der Waals surface area contributed by atoms with Crippen molar-refractivity contribution in [3.8, 4) is 0 Å². The quantitative estimate of drug-likeness (QED) is 0.757. The van der Waals surface area contributed by atoms with Gasteiger partial charge in [-0.25, -0.2) is 4.39 Å². The fraction of sp³-hybridized carbons (Fsp3) is 0.538. The van der Waals surface area contributed by atoms with Crippen LogP contribution in [-0.4, -0.2) is 19.6 Å². The van der Waals surface area contributed by atoms with Gasteiger partial charge in [0.05, 0.1) is 0 Å². The normalized spacial score (nSPS) is 11.1. The predicted molar refractivity (Wildman–Crippen MR) is 73.5 cm³/mol. The lowest BCUT2D eigenvalue weighted by molar-refractivity contribution is 0.530. The lowest BCUT2D eigenvalue weighted by atomic mass is 10.2. The molecule has 0 bridgehead atoms. The zero-order valence-electron chi connectivity index (χ0n) is 10.4. The Morgan fingerprint density at radius 3 is 2.59 bits per heavy atom. The minimum Gasteiger partial charge on any atom is -0.315 e. The Labute approximate surface area is 111 Å². The van der Waals surface area contributed by atoms with E-state index in [1.807, 2.05) is 6.07 Å². The smallest absolute Gasteiger partial charge is 0.128 e. The zero-order valence-corrected chi connectivity index (χ0v) is 12.0. The minimum absolute atomic E-state index is 0.165. The van der Waals surface area contributed by atoms with E-state index in [0.29, 0.717) is 18.0 Å². The largest absolute Gasteiger partial charge is 0.315 e. The van der Waals surface area contributed by atoms with E-state index in [1.165, 1.54) is 6.07 Å². The number of halogens is 2. The first-order chi connectivity index (χ1) is 8.09. The van der Waals surface area contributed by atoms with Gasteiger partial charge in [-0.2, -0.15) is 0 Å². The summed E-state index contributed by atoms with van der Waals surface area (Å²) in [5.41, 5.74) is 0.706. The number of nitrogens with one attached hydrogen (secondary N) is 2. The van der Waals surface area contributed by atoms with E-state index >= 15 is 0 Å². The fourth-order valence-corrected chi connectivity index (χ4v) is 1.79. The van der Waals surface area contributed by atoms with Gasteiger partial charge in [-0.05, 0) is 24.6 Å². The lowest BCUT2D eigenvalue weighted by Gasteiger charge is -2.09. The molecule has 0 aliphatic carbocycles. The van der Waals surface area contributed by atoms with Gasteiger partial charge >= 0.3 is 0 Å². The third kappa shape index (κ3) is 6.15. The average molecular weight is 303 g/mol. The third-order valence-electron chi connectivity index (χ3n) is 2.36. The molecule has 4 heteroatoms. The maximum absolute atomic E-state index is 13.4. The van der Waals surface area contributed by atoms with Crippen LogP contribution in [0.15, 0.2) is 22.7 Å². The Bertz CT molecular complexity index is 342. The molecule has 2 N–H and O–H groups in total. The first-order valence-corrected chi connectivity index (χ1v) is 6.74. The number of hydrogen-bond donors (Lipinski definition) is 2. The molecule has 0 aromatic heterocycles. The van der Waals surface area contributed by atoms with Crippen molar-refractivity contribution in [3.05, 3.63) is 34.1 Å². The molecule has 0 aliphatic rings. The van der Waals surface area contributed by atoms with Gasteiger partial charge in [0.25, 0.3) is 0 Å². The van der Waals surface area contributed by atoms with Gasteiger partial charge in [-0.1, -0.05) is 35.8 Å². The highest BCUT2D eigenvalue weighted by atomic mass is 79.9. The number of hydrogen-bond acceptors (Lipinski definition) is 2. The summed E-state index contributed by atoms with van der Waals surface area (Å²) in [4.78, 5) is 0. The first kappa shape index (κ1) is 14.6. The van der Waals surface area contributed by atoms with E-state index in [1.54, 1.807) is 6.07 Å². The Hall–Kier alpha value is -0.450. The molecule has 0 saturated heterocycles. The summed E-state index contributed by atoms with van der Waals surface area (Å²) in [5, 5.41) is 6.55. The molecule has 0 unspecified atom stereocenters. The molecule has 0 fully saturated rings. The van der Waals surface area contributed by atoms with Gasteiger partial charge in [0.15, 0.2) is 0 Å². The summed E-state index contributed by atoms with van der Waals surface area (Å²) in [6.45, 7) is 7.71. The van der Waals surface area contributed by atoms with Crippen LogP contribution in [0.3, 0.4) is 0 Å². The second kappa shape index (κ2) is 7.80. The van der Waals surface area contributed by atoms with Gasteiger partial charge in [0.2, 0.25) is 0 Å². The Kier molecular flexibility index (Phi) is 6.70. The lowest BCUT2D eigenvalue weighted by Crippen LogP contribution is -2.29. The standard InChI is InChI=1S/C13H20BrFN2/c1-10(2)8-16-5-6-17-9-11-3-4-12(14)7-13(11)15/h3-4,7,10,16-17H,5-6,8-9H2,1-2H3. The monoisotopic (exact) mass is 302 g/mol. The topological polar surface area (TPSA) is 24.1 Å². The number of rotatable bonds is 7. The second-order valence-electron chi connectivity index (χ2n) is 4.51. The molecule has 0 amide bonds. The fourth-order valence-electron chi connectivity index (χ4n) is 1.46. The van der Waals surface area contributed by atoms with Crippen molar-refractivity contribution in [1.82, 2.24) is 10.6 Å². The van der Waals surface area contributed by atoms with Crippen molar-refractivity contribution in [2.24, 2.45) is 5.92 Å². The molecular formula is C13H20BrFN2. The highest BCUT2D eigenvalue weighted by molar-refractivity contribution is 9.10. The highest BCUT2D eigenvalue weighted by Crippen LogP contribution is 2.14. The third-order valence-corrected chi connectivity index (χ3v) is 2.85. The molecule has 0 heterocycles. The Balaban J connectivity index is 2.18. The molecule has 0 saturated carbocycles. The van der Waals surface area contributed by atoms with Gasteiger partial charge in [0, 0.05) is 29.7 Å². The van der Waals surface area contributed by atoms with Crippen LogP contribution in [-0.2, 0) is 6.54 Å². The van der Waals surface area contributed by atoms with Gasteiger partial charge in [-0.15, -0.1) is 0 Å².